The van der Waals surface area contributed by atoms with Gasteiger partial charge in [0.05, 0.1) is 12.7 Å². The summed E-state index contributed by atoms with van der Waals surface area (Å²) < 4.78 is 5.39. The average Bonchev–Trinajstić information content (AvgIpc) is 2.67. The molecule has 0 spiro atoms. The fourth-order valence-electron chi connectivity index (χ4n) is 3.98. The Hall–Kier alpha value is -2.08. The molecule has 2 aromatic rings. The van der Waals surface area contributed by atoms with Gasteiger partial charge in [-0.1, -0.05) is 18.2 Å². The highest BCUT2D eigenvalue weighted by Gasteiger charge is 2.26. The van der Waals surface area contributed by atoms with Gasteiger partial charge in [0.1, 0.15) is 5.75 Å². The number of ether oxygens (including phenoxy) is 1. The summed E-state index contributed by atoms with van der Waals surface area (Å²) in [6, 6.07) is 11.7. The summed E-state index contributed by atoms with van der Waals surface area (Å²) in [6.07, 6.45) is 1.92. The molecule has 28 heavy (non-hydrogen) atoms. The van der Waals surface area contributed by atoms with E-state index >= 15 is 0 Å². The molecule has 0 unspecified atom stereocenters. The minimum Gasteiger partial charge on any atom is -0.497 e. The van der Waals surface area contributed by atoms with E-state index in [4.69, 9.17) is 4.74 Å². The summed E-state index contributed by atoms with van der Waals surface area (Å²) in [6.45, 7) is 2.55. The standard InChI is InChI=1S/C22H28N2O3.ClH/c1-24(2)14-20-18(16-5-4-6-17(13-16)27-3)7-8-19(22(25)26)21(20)15-9-11-23-12-10-15;/h4-8,13,15,23H,9-12,14H2,1-3H3,(H,25,26);1H. The van der Waals surface area contributed by atoms with Crippen molar-refractivity contribution in [1.29, 1.82) is 0 Å². The lowest BCUT2D eigenvalue weighted by molar-refractivity contribution is 0.0694. The Bertz CT molecular complexity index is 817. The minimum absolute atomic E-state index is 0. The highest BCUT2D eigenvalue weighted by atomic mass is 35.5. The summed E-state index contributed by atoms with van der Waals surface area (Å²) >= 11 is 0. The fraction of sp³-hybridized carbons (Fsp3) is 0.409. The van der Waals surface area contributed by atoms with Crippen molar-refractivity contribution < 1.29 is 14.6 Å². The van der Waals surface area contributed by atoms with E-state index in [-0.39, 0.29) is 18.3 Å². The van der Waals surface area contributed by atoms with Crippen molar-refractivity contribution in [2.45, 2.75) is 25.3 Å². The zero-order chi connectivity index (χ0) is 19.4. The summed E-state index contributed by atoms with van der Waals surface area (Å²) in [5.74, 6) is 0.215. The molecule has 152 valence electrons. The number of hydrogen-bond acceptors (Lipinski definition) is 4. The van der Waals surface area contributed by atoms with Crippen LogP contribution in [-0.4, -0.2) is 50.3 Å². The smallest absolute Gasteiger partial charge is 0.335 e. The molecular formula is C22H29ClN2O3. The summed E-state index contributed by atoms with van der Waals surface area (Å²) in [7, 11) is 5.71. The SMILES string of the molecule is COc1cccc(-c2ccc(C(=O)O)c(C3CCNCC3)c2CN(C)C)c1.Cl. The number of carbonyl (C=O) groups is 1. The molecule has 0 radical (unpaired) electrons. The van der Waals surface area contributed by atoms with Gasteiger partial charge in [-0.15, -0.1) is 12.4 Å². The highest BCUT2D eigenvalue weighted by Crippen LogP contribution is 2.38. The van der Waals surface area contributed by atoms with Crippen LogP contribution >= 0.6 is 12.4 Å². The van der Waals surface area contributed by atoms with E-state index in [0.29, 0.717) is 12.1 Å². The second-order valence-corrected chi connectivity index (χ2v) is 7.35. The van der Waals surface area contributed by atoms with E-state index in [1.165, 1.54) is 0 Å². The second kappa shape index (κ2) is 9.92. The Labute approximate surface area is 173 Å². The molecule has 1 saturated heterocycles. The van der Waals surface area contributed by atoms with Gasteiger partial charge in [-0.25, -0.2) is 4.79 Å². The van der Waals surface area contributed by atoms with Gasteiger partial charge in [0.25, 0.3) is 0 Å². The number of aromatic carboxylic acids is 1. The lowest BCUT2D eigenvalue weighted by Gasteiger charge is -2.29. The number of nitrogens with one attached hydrogen (secondary N) is 1. The van der Waals surface area contributed by atoms with E-state index in [9.17, 15) is 9.90 Å². The van der Waals surface area contributed by atoms with Crippen molar-refractivity contribution in [3.63, 3.8) is 0 Å². The monoisotopic (exact) mass is 404 g/mol. The van der Waals surface area contributed by atoms with E-state index in [0.717, 1.165) is 53.9 Å². The Morgan fingerprint density at radius 1 is 1.21 bits per heavy atom. The number of carboxylic acid groups (broad SMARTS) is 1. The van der Waals surface area contributed by atoms with Gasteiger partial charge in [-0.2, -0.15) is 0 Å². The Morgan fingerprint density at radius 3 is 2.54 bits per heavy atom. The van der Waals surface area contributed by atoms with Crippen LogP contribution in [0.4, 0.5) is 0 Å². The maximum absolute atomic E-state index is 12.0. The van der Waals surface area contributed by atoms with Crippen molar-refractivity contribution in [1.82, 2.24) is 10.2 Å². The Balaban J connectivity index is 0.00000280. The topological polar surface area (TPSA) is 61.8 Å². The molecule has 2 N–H and O–H groups in total. The van der Waals surface area contributed by atoms with Gasteiger partial charge < -0.3 is 20.1 Å². The molecule has 6 heteroatoms. The summed E-state index contributed by atoms with van der Waals surface area (Å²) in [5.41, 5.74) is 4.68. The molecule has 0 saturated carbocycles. The Morgan fingerprint density at radius 2 is 1.93 bits per heavy atom. The number of hydrogen-bond donors (Lipinski definition) is 2. The number of rotatable bonds is 6. The molecule has 3 rings (SSSR count). The first kappa shape index (κ1) is 22.2. The van der Waals surface area contributed by atoms with Gasteiger partial charge in [-0.3, -0.25) is 0 Å². The van der Waals surface area contributed by atoms with Crippen molar-refractivity contribution in [3.8, 4) is 16.9 Å². The van der Waals surface area contributed by atoms with Crippen LogP contribution in [0, 0.1) is 0 Å². The number of benzene rings is 2. The number of halogens is 1. The van der Waals surface area contributed by atoms with Gasteiger partial charge in [0.15, 0.2) is 0 Å². The molecule has 1 aliphatic heterocycles. The van der Waals surface area contributed by atoms with E-state index in [1.807, 2.05) is 38.4 Å². The number of nitrogens with zero attached hydrogens (tertiary/aromatic N) is 1. The summed E-state index contributed by atoms with van der Waals surface area (Å²) in [4.78, 5) is 14.1. The normalized spacial score (nSPS) is 14.6. The third kappa shape index (κ3) is 4.85. The van der Waals surface area contributed by atoms with Crippen LogP contribution in [0.2, 0.25) is 0 Å². The van der Waals surface area contributed by atoms with Crippen LogP contribution < -0.4 is 10.1 Å². The molecule has 0 atom stereocenters. The predicted octanol–water partition coefficient (Wildman–Crippen LogP) is 4.01. The zero-order valence-corrected chi connectivity index (χ0v) is 17.5. The number of carboxylic acids is 1. The average molecular weight is 405 g/mol. The second-order valence-electron chi connectivity index (χ2n) is 7.35. The fourth-order valence-corrected chi connectivity index (χ4v) is 3.98. The van der Waals surface area contributed by atoms with Gasteiger partial charge in [0, 0.05) is 6.54 Å². The molecule has 2 aromatic carbocycles. The van der Waals surface area contributed by atoms with Crippen LogP contribution in [0.5, 0.6) is 5.75 Å². The van der Waals surface area contributed by atoms with Crippen molar-refractivity contribution in [2.24, 2.45) is 0 Å². The van der Waals surface area contributed by atoms with E-state index in [2.05, 4.69) is 16.3 Å². The van der Waals surface area contributed by atoms with Gasteiger partial charge >= 0.3 is 5.97 Å². The number of piperidine rings is 1. The molecular weight excluding hydrogens is 376 g/mol. The molecule has 1 heterocycles. The van der Waals surface area contributed by atoms with Crippen LogP contribution in [0.15, 0.2) is 36.4 Å². The van der Waals surface area contributed by atoms with E-state index in [1.54, 1.807) is 13.2 Å². The quantitative estimate of drug-likeness (QED) is 0.761. The van der Waals surface area contributed by atoms with Crippen molar-refractivity contribution in [3.05, 3.63) is 53.1 Å². The predicted molar refractivity (Wildman–Crippen MR) is 115 cm³/mol. The highest BCUT2D eigenvalue weighted by molar-refractivity contribution is 5.92. The first-order valence-electron chi connectivity index (χ1n) is 9.40. The third-order valence-corrected chi connectivity index (χ3v) is 5.19. The van der Waals surface area contributed by atoms with Gasteiger partial charge in [-0.05, 0) is 86.4 Å². The van der Waals surface area contributed by atoms with Crippen LogP contribution in [0.25, 0.3) is 11.1 Å². The largest absolute Gasteiger partial charge is 0.497 e. The molecule has 1 aliphatic rings. The van der Waals surface area contributed by atoms with E-state index < -0.39 is 5.97 Å². The summed E-state index contributed by atoms with van der Waals surface area (Å²) in [5, 5.41) is 13.2. The van der Waals surface area contributed by atoms with Gasteiger partial charge in [0.2, 0.25) is 0 Å². The number of methoxy groups -OCH3 is 1. The maximum Gasteiger partial charge on any atom is 0.335 e. The molecule has 0 amide bonds. The first-order valence-corrected chi connectivity index (χ1v) is 9.40. The third-order valence-electron chi connectivity index (χ3n) is 5.19. The van der Waals surface area contributed by atoms with Crippen molar-refractivity contribution in [2.75, 3.05) is 34.3 Å². The molecule has 0 bridgehead atoms. The van der Waals surface area contributed by atoms with Crippen molar-refractivity contribution >= 4 is 18.4 Å². The maximum atomic E-state index is 12.0. The zero-order valence-electron chi connectivity index (χ0n) is 16.7. The first-order chi connectivity index (χ1) is 13.0. The molecule has 0 aromatic heterocycles. The minimum atomic E-state index is -0.847. The lowest BCUT2D eigenvalue weighted by Crippen LogP contribution is -2.29. The Kier molecular flexibility index (Phi) is 7.87. The van der Waals surface area contributed by atoms with Crippen LogP contribution in [-0.2, 0) is 6.54 Å². The molecule has 5 nitrogen and oxygen atoms in total. The molecule has 1 fully saturated rings. The molecule has 0 aliphatic carbocycles. The lowest BCUT2D eigenvalue weighted by atomic mass is 9.81. The van der Waals surface area contributed by atoms with Crippen LogP contribution in [0.1, 0.15) is 40.2 Å². The van der Waals surface area contributed by atoms with Crippen LogP contribution in [0.3, 0.4) is 0 Å².